The van der Waals surface area contributed by atoms with Crippen molar-refractivity contribution in [2.45, 2.75) is 19.4 Å². The summed E-state index contributed by atoms with van der Waals surface area (Å²) in [5, 5.41) is 14.3. The van der Waals surface area contributed by atoms with Gasteiger partial charge in [-0.2, -0.15) is 10.4 Å². The van der Waals surface area contributed by atoms with Gasteiger partial charge in [-0.25, -0.2) is 9.37 Å². The third-order valence-corrected chi connectivity index (χ3v) is 6.14. The number of aromatic nitrogens is 3. The monoisotopic (exact) mass is 433 g/mol. The molecule has 1 saturated heterocycles. The van der Waals surface area contributed by atoms with Crippen LogP contribution in [0.5, 0.6) is 5.75 Å². The lowest BCUT2D eigenvalue weighted by Crippen LogP contribution is -2.51. The highest BCUT2D eigenvalue weighted by atomic mass is 19.1. The molecule has 0 saturated carbocycles. The van der Waals surface area contributed by atoms with Crippen LogP contribution < -0.4 is 10.5 Å². The molecule has 32 heavy (non-hydrogen) atoms. The minimum atomic E-state index is -0.870. The summed E-state index contributed by atoms with van der Waals surface area (Å²) in [6.45, 7) is 2.14. The van der Waals surface area contributed by atoms with Crippen LogP contribution in [-0.2, 0) is 18.2 Å². The topological polar surface area (TPSA) is 116 Å². The average Bonchev–Trinajstić information content (AvgIpc) is 3.05. The highest BCUT2D eigenvalue weighted by Gasteiger charge is 2.48. The Bertz CT molecular complexity index is 1310. The van der Waals surface area contributed by atoms with Gasteiger partial charge in [0.05, 0.1) is 24.3 Å². The molecular formula is C23H20FN5O3. The normalized spacial score (nSPS) is 18.9. The van der Waals surface area contributed by atoms with Crippen molar-refractivity contribution in [3.63, 3.8) is 0 Å². The van der Waals surface area contributed by atoms with E-state index in [1.807, 2.05) is 0 Å². The van der Waals surface area contributed by atoms with Crippen LogP contribution in [0, 0.1) is 22.6 Å². The molecule has 2 aliphatic rings. The minimum absolute atomic E-state index is 0.148. The average molecular weight is 433 g/mol. The third kappa shape index (κ3) is 2.95. The van der Waals surface area contributed by atoms with Crippen molar-refractivity contribution in [1.29, 1.82) is 5.26 Å². The minimum Gasteiger partial charge on any atom is -0.482 e. The van der Waals surface area contributed by atoms with Crippen LogP contribution in [0.3, 0.4) is 0 Å². The number of rotatable bonds is 0. The van der Waals surface area contributed by atoms with E-state index >= 15 is 0 Å². The van der Waals surface area contributed by atoms with Gasteiger partial charge in [0.25, 0.3) is 0 Å². The zero-order chi connectivity index (χ0) is 22.6. The molecule has 2 aromatic heterocycles. The van der Waals surface area contributed by atoms with Crippen LogP contribution in [-0.4, -0.2) is 33.8 Å². The van der Waals surface area contributed by atoms with Crippen LogP contribution >= 0.6 is 0 Å². The Hall–Kier alpha value is -3.77. The molecule has 2 N–H and O–H groups in total. The molecule has 1 aromatic carbocycles. The molecule has 1 fully saturated rings. The van der Waals surface area contributed by atoms with Gasteiger partial charge < -0.3 is 15.2 Å². The molecule has 0 amide bonds. The fraction of sp³-hybridized carbons (Fsp3) is 0.304. The lowest BCUT2D eigenvalue weighted by Gasteiger charge is -2.40. The maximum atomic E-state index is 14.1. The molecule has 1 spiro atoms. The Labute approximate surface area is 183 Å². The summed E-state index contributed by atoms with van der Waals surface area (Å²) in [6.07, 6.45) is 1.15. The predicted molar refractivity (Wildman–Crippen MR) is 112 cm³/mol. The lowest BCUT2D eigenvalue weighted by molar-refractivity contribution is -0.0870. The lowest BCUT2D eigenvalue weighted by atomic mass is 9.73. The first-order chi connectivity index (χ1) is 15.3. The van der Waals surface area contributed by atoms with Gasteiger partial charge in [-0.1, -0.05) is 0 Å². The number of nitrogens with zero attached hydrogens (tertiary/aromatic N) is 4. The second-order valence-electron chi connectivity index (χ2n) is 8.28. The zero-order valence-corrected chi connectivity index (χ0v) is 17.6. The number of aryl methyl sites for hydroxylation is 1. The van der Waals surface area contributed by atoms with Crippen molar-refractivity contribution in [2.75, 3.05) is 18.9 Å². The number of ketones is 1. The van der Waals surface area contributed by atoms with E-state index in [9.17, 15) is 14.4 Å². The Kier molecular flexibility index (Phi) is 4.50. The molecule has 2 aliphatic heterocycles. The Morgan fingerprint density at radius 1 is 1.34 bits per heavy atom. The van der Waals surface area contributed by atoms with Crippen molar-refractivity contribution in [2.24, 2.45) is 12.5 Å². The Balaban J connectivity index is 1.79. The number of carbonyl (C=O) groups is 1. The maximum absolute atomic E-state index is 14.1. The number of carbonyl (C=O) groups excluding carboxylic acids is 1. The Morgan fingerprint density at radius 3 is 2.81 bits per heavy atom. The standard InChI is InChI=1S/C23H20FN5O3/c1-12-16-6-14(24)3-4-15(16)21(30)23(10-31-11-23)7-17-20(18(8-25)29(2)28-17)13-5-19(32-12)22(26)27-9-13/h3-6,9,12H,7,10-11H2,1-2H3,(H2,26,27)/t12-/m1/s1. The van der Waals surface area contributed by atoms with E-state index in [4.69, 9.17) is 15.2 Å². The predicted octanol–water partition coefficient (Wildman–Crippen LogP) is 2.97. The molecule has 2 bridgehead atoms. The number of hydrogen-bond donors (Lipinski definition) is 1. The highest BCUT2D eigenvalue weighted by Crippen LogP contribution is 2.42. The van der Waals surface area contributed by atoms with E-state index in [0.29, 0.717) is 33.6 Å². The molecule has 0 aliphatic carbocycles. The van der Waals surface area contributed by atoms with E-state index in [-0.39, 0.29) is 37.0 Å². The third-order valence-electron chi connectivity index (χ3n) is 6.14. The summed E-state index contributed by atoms with van der Waals surface area (Å²) in [5.41, 5.74) is 8.06. The smallest absolute Gasteiger partial charge is 0.174 e. The molecule has 0 unspecified atom stereocenters. The summed E-state index contributed by atoms with van der Waals surface area (Å²) < 4.78 is 27.2. The molecular weight excluding hydrogens is 413 g/mol. The van der Waals surface area contributed by atoms with Crippen LogP contribution in [0.1, 0.15) is 40.3 Å². The molecule has 3 aromatic rings. The van der Waals surface area contributed by atoms with Gasteiger partial charge in [0.15, 0.2) is 17.4 Å². The van der Waals surface area contributed by atoms with Crippen molar-refractivity contribution >= 4 is 11.6 Å². The number of benzene rings is 1. The van der Waals surface area contributed by atoms with Gasteiger partial charge in [0, 0.05) is 41.9 Å². The molecule has 9 heteroatoms. The second kappa shape index (κ2) is 7.14. The number of halogens is 1. The van der Waals surface area contributed by atoms with Gasteiger partial charge in [0.1, 0.15) is 23.7 Å². The van der Waals surface area contributed by atoms with Crippen molar-refractivity contribution < 1.29 is 18.7 Å². The first-order valence-electron chi connectivity index (χ1n) is 10.1. The fourth-order valence-corrected chi connectivity index (χ4v) is 4.42. The molecule has 1 atom stereocenters. The van der Waals surface area contributed by atoms with Crippen molar-refractivity contribution in [1.82, 2.24) is 14.8 Å². The number of ether oxygens (including phenoxy) is 2. The first-order valence-corrected chi connectivity index (χ1v) is 10.1. The molecule has 4 heterocycles. The van der Waals surface area contributed by atoms with Gasteiger partial charge in [-0.05, 0) is 31.2 Å². The van der Waals surface area contributed by atoms with Gasteiger partial charge in [-0.3, -0.25) is 9.48 Å². The Morgan fingerprint density at radius 2 is 2.12 bits per heavy atom. The first kappa shape index (κ1) is 20.2. The SMILES string of the molecule is C[C@H]1Oc2cc(cnc2N)-c2c(nn(C)c2C#N)CC2(COC2)C(=O)c2ccc(F)cc21. The summed E-state index contributed by atoms with van der Waals surface area (Å²) in [5.74, 6) is -0.212. The zero-order valence-electron chi connectivity index (χ0n) is 17.6. The number of nitrogen functional groups attached to an aromatic ring is 1. The number of Topliss-reactive ketones (excluding diaryl/α,β-unsaturated/α-hetero) is 1. The van der Waals surface area contributed by atoms with Gasteiger partial charge in [0.2, 0.25) is 0 Å². The van der Waals surface area contributed by atoms with E-state index in [1.165, 1.54) is 22.9 Å². The summed E-state index contributed by atoms with van der Waals surface area (Å²) in [6, 6.07) is 7.94. The quantitative estimate of drug-likeness (QED) is 0.579. The largest absolute Gasteiger partial charge is 0.482 e. The van der Waals surface area contributed by atoms with E-state index in [2.05, 4.69) is 16.2 Å². The number of nitrogens with two attached hydrogens (primary N) is 1. The van der Waals surface area contributed by atoms with Crippen LogP contribution in [0.2, 0.25) is 0 Å². The number of nitriles is 1. The summed E-state index contributed by atoms with van der Waals surface area (Å²) >= 11 is 0. The maximum Gasteiger partial charge on any atom is 0.174 e. The van der Waals surface area contributed by atoms with E-state index in [1.54, 1.807) is 26.2 Å². The van der Waals surface area contributed by atoms with Crippen LogP contribution in [0.25, 0.3) is 11.1 Å². The number of fused-ring (bicyclic) bond motifs is 5. The van der Waals surface area contributed by atoms with Gasteiger partial charge >= 0.3 is 0 Å². The number of anilines is 1. The van der Waals surface area contributed by atoms with Crippen LogP contribution in [0.4, 0.5) is 10.2 Å². The van der Waals surface area contributed by atoms with Crippen molar-refractivity contribution in [3.05, 3.63) is 58.8 Å². The van der Waals surface area contributed by atoms with E-state index < -0.39 is 17.3 Å². The summed E-state index contributed by atoms with van der Waals surface area (Å²) in [7, 11) is 1.68. The molecule has 5 rings (SSSR count). The van der Waals surface area contributed by atoms with E-state index in [0.717, 1.165) is 0 Å². The van der Waals surface area contributed by atoms with Crippen molar-refractivity contribution in [3.8, 4) is 22.9 Å². The number of pyridine rings is 1. The summed E-state index contributed by atoms with van der Waals surface area (Å²) in [4.78, 5) is 18.0. The molecule has 162 valence electrons. The molecule has 8 nitrogen and oxygen atoms in total. The van der Waals surface area contributed by atoms with Crippen LogP contribution in [0.15, 0.2) is 30.5 Å². The van der Waals surface area contributed by atoms with Gasteiger partial charge in [-0.15, -0.1) is 0 Å². The molecule has 0 radical (unpaired) electrons. The number of hydrogen-bond acceptors (Lipinski definition) is 7. The second-order valence-corrected chi connectivity index (χ2v) is 8.28. The fourth-order valence-electron chi connectivity index (χ4n) is 4.42. The highest BCUT2D eigenvalue weighted by molar-refractivity contribution is 6.03.